The maximum Gasteiger partial charge on any atom is 0.191 e. The molecule has 1 unspecified atom stereocenters. The molecule has 2 heterocycles. The summed E-state index contributed by atoms with van der Waals surface area (Å²) < 4.78 is 0. The molecule has 2 aromatic heterocycles. The lowest BCUT2D eigenvalue weighted by Crippen LogP contribution is -2.19. The molecule has 0 fully saturated rings. The van der Waals surface area contributed by atoms with Crippen molar-refractivity contribution in [2.75, 3.05) is 23.4 Å². The van der Waals surface area contributed by atoms with Gasteiger partial charge in [0.15, 0.2) is 5.16 Å². The van der Waals surface area contributed by atoms with Crippen molar-refractivity contribution in [3.05, 3.63) is 28.5 Å². The topological polar surface area (TPSA) is 49.8 Å². The molecule has 0 saturated carbocycles. The number of nitrogens with one attached hydrogen (secondary N) is 2. The largest absolute Gasteiger partial charge is 0.370 e. The van der Waals surface area contributed by atoms with Crippen LogP contribution in [0.4, 0.5) is 11.6 Å². The van der Waals surface area contributed by atoms with Gasteiger partial charge in [0.05, 0.1) is 0 Å². The summed E-state index contributed by atoms with van der Waals surface area (Å²) in [6.45, 7) is 5.09. The highest BCUT2D eigenvalue weighted by Gasteiger charge is 2.08. The fourth-order valence-electron chi connectivity index (χ4n) is 1.90. The van der Waals surface area contributed by atoms with Crippen molar-refractivity contribution in [1.29, 1.82) is 0 Å². The molecule has 2 rings (SSSR count). The molecule has 0 saturated heterocycles. The van der Waals surface area contributed by atoms with Gasteiger partial charge in [0.1, 0.15) is 11.6 Å². The van der Waals surface area contributed by atoms with Crippen LogP contribution in [-0.4, -0.2) is 28.8 Å². The molecule has 0 amide bonds. The van der Waals surface area contributed by atoms with Gasteiger partial charge in [-0.15, -0.1) is 11.3 Å². The van der Waals surface area contributed by atoms with Gasteiger partial charge in [-0.2, -0.15) is 0 Å². The Labute approximate surface area is 128 Å². The van der Waals surface area contributed by atoms with Crippen LogP contribution in [0, 0.1) is 0 Å². The average molecular weight is 308 g/mol. The summed E-state index contributed by atoms with van der Waals surface area (Å²) in [5, 5.41) is 9.59. The van der Waals surface area contributed by atoms with Gasteiger partial charge < -0.3 is 10.6 Å². The molecule has 2 aromatic rings. The number of thioether (sulfide) groups is 1. The molecule has 1 atom stereocenters. The van der Waals surface area contributed by atoms with E-state index in [0.717, 1.165) is 29.8 Å². The van der Waals surface area contributed by atoms with Crippen LogP contribution in [0.5, 0.6) is 0 Å². The van der Waals surface area contributed by atoms with E-state index in [0.29, 0.717) is 6.04 Å². The highest BCUT2D eigenvalue weighted by Crippen LogP contribution is 2.19. The van der Waals surface area contributed by atoms with Crippen LogP contribution < -0.4 is 10.6 Å². The van der Waals surface area contributed by atoms with E-state index in [9.17, 15) is 0 Å². The zero-order valence-electron chi connectivity index (χ0n) is 12.0. The molecule has 6 heteroatoms. The van der Waals surface area contributed by atoms with Crippen LogP contribution in [0.1, 0.15) is 18.7 Å². The molecule has 108 valence electrons. The van der Waals surface area contributed by atoms with E-state index >= 15 is 0 Å². The van der Waals surface area contributed by atoms with Gasteiger partial charge in [-0.05, 0) is 31.5 Å². The zero-order valence-corrected chi connectivity index (χ0v) is 13.6. The van der Waals surface area contributed by atoms with Crippen LogP contribution in [-0.2, 0) is 6.42 Å². The van der Waals surface area contributed by atoms with Gasteiger partial charge in [0.25, 0.3) is 0 Å². The minimum absolute atomic E-state index is 0.340. The molecular weight excluding hydrogens is 288 g/mol. The number of rotatable bonds is 7. The molecule has 0 aliphatic heterocycles. The van der Waals surface area contributed by atoms with Gasteiger partial charge >= 0.3 is 0 Å². The Morgan fingerprint density at radius 1 is 1.35 bits per heavy atom. The highest BCUT2D eigenvalue weighted by atomic mass is 32.2. The summed E-state index contributed by atoms with van der Waals surface area (Å²) in [4.78, 5) is 10.3. The number of nitrogens with zero attached hydrogens (tertiary/aromatic N) is 2. The summed E-state index contributed by atoms with van der Waals surface area (Å²) in [6, 6.07) is 6.56. The summed E-state index contributed by atoms with van der Waals surface area (Å²) in [6.07, 6.45) is 3.00. The minimum Gasteiger partial charge on any atom is -0.370 e. The normalized spacial score (nSPS) is 12.2. The minimum atomic E-state index is 0.340. The third kappa shape index (κ3) is 4.38. The van der Waals surface area contributed by atoms with Crippen molar-refractivity contribution in [3.63, 3.8) is 0 Å². The number of anilines is 2. The monoisotopic (exact) mass is 308 g/mol. The predicted octanol–water partition coefficient (Wildman–Crippen LogP) is 3.73. The first-order chi connectivity index (χ1) is 9.71. The molecule has 4 nitrogen and oxygen atoms in total. The third-order valence-corrected chi connectivity index (χ3v) is 4.17. The highest BCUT2D eigenvalue weighted by molar-refractivity contribution is 7.98. The SMILES string of the molecule is CCNc1cc(NC(C)Cc2cccs2)nc(SC)n1. The van der Waals surface area contributed by atoms with Gasteiger partial charge in [0.2, 0.25) is 0 Å². The van der Waals surface area contributed by atoms with Gasteiger partial charge in [-0.25, -0.2) is 9.97 Å². The quantitative estimate of drug-likeness (QED) is 0.603. The number of hydrogen-bond donors (Lipinski definition) is 2. The molecule has 0 spiro atoms. The maximum absolute atomic E-state index is 4.51. The van der Waals surface area contributed by atoms with E-state index in [-0.39, 0.29) is 0 Å². The summed E-state index contributed by atoms with van der Waals surface area (Å²) in [5.41, 5.74) is 0. The van der Waals surface area contributed by atoms with Crippen molar-refractivity contribution in [3.8, 4) is 0 Å². The number of aromatic nitrogens is 2. The maximum atomic E-state index is 4.51. The second-order valence-electron chi connectivity index (χ2n) is 4.48. The number of hydrogen-bond acceptors (Lipinski definition) is 6. The Hall–Kier alpha value is -1.27. The van der Waals surface area contributed by atoms with Gasteiger partial charge in [-0.3, -0.25) is 0 Å². The molecule has 2 N–H and O–H groups in total. The van der Waals surface area contributed by atoms with Crippen LogP contribution >= 0.6 is 23.1 Å². The van der Waals surface area contributed by atoms with Gasteiger partial charge in [-0.1, -0.05) is 17.8 Å². The first-order valence-corrected chi connectivity index (χ1v) is 8.77. The van der Waals surface area contributed by atoms with Crippen LogP contribution in [0.15, 0.2) is 28.7 Å². The Morgan fingerprint density at radius 3 is 2.80 bits per heavy atom. The van der Waals surface area contributed by atoms with Crippen molar-refractivity contribution < 1.29 is 0 Å². The van der Waals surface area contributed by atoms with Crippen molar-refractivity contribution >= 4 is 34.7 Å². The number of thiophene rings is 1. The predicted molar refractivity (Wildman–Crippen MR) is 89.1 cm³/mol. The Morgan fingerprint density at radius 2 is 2.15 bits per heavy atom. The van der Waals surface area contributed by atoms with Crippen LogP contribution in [0.3, 0.4) is 0 Å². The molecule has 20 heavy (non-hydrogen) atoms. The molecular formula is C14H20N4S2. The zero-order chi connectivity index (χ0) is 14.4. The van der Waals surface area contributed by atoms with E-state index < -0.39 is 0 Å². The van der Waals surface area contributed by atoms with Crippen LogP contribution in [0.2, 0.25) is 0 Å². The Balaban J connectivity index is 2.05. The first kappa shape index (κ1) is 15.1. The van der Waals surface area contributed by atoms with E-state index in [4.69, 9.17) is 0 Å². The first-order valence-electron chi connectivity index (χ1n) is 6.67. The fraction of sp³-hybridized carbons (Fsp3) is 0.429. The molecule has 0 bridgehead atoms. The van der Waals surface area contributed by atoms with E-state index in [2.05, 4.69) is 52.0 Å². The smallest absolute Gasteiger partial charge is 0.191 e. The van der Waals surface area contributed by atoms with E-state index in [1.54, 1.807) is 23.1 Å². The molecule has 0 aromatic carbocycles. The lowest BCUT2D eigenvalue weighted by Gasteiger charge is -2.15. The summed E-state index contributed by atoms with van der Waals surface area (Å²) >= 11 is 3.35. The average Bonchev–Trinajstić information content (AvgIpc) is 2.91. The Kier molecular flexibility index (Phi) is 5.67. The lowest BCUT2D eigenvalue weighted by atomic mass is 10.2. The summed E-state index contributed by atoms with van der Waals surface area (Å²) in [7, 11) is 0. The van der Waals surface area contributed by atoms with Crippen LogP contribution in [0.25, 0.3) is 0 Å². The lowest BCUT2D eigenvalue weighted by molar-refractivity contribution is 0.787. The van der Waals surface area contributed by atoms with Crippen molar-refractivity contribution in [1.82, 2.24) is 9.97 Å². The standard InChI is InChI=1S/C14H20N4S2/c1-4-15-12-9-13(18-14(17-12)19-3)16-10(2)8-11-6-5-7-20-11/h5-7,9-10H,4,8H2,1-3H3,(H2,15,16,17,18). The second-order valence-corrected chi connectivity index (χ2v) is 6.29. The molecule has 0 aliphatic rings. The van der Waals surface area contributed by atoms with E-state index in [1.807, 2.05) is 12.3 Å². The van der Waals surface area contributed by atoms with Crippen molar-refractivity contribution in [2.24, 2.45) is 0 Å². The second kappa shape index (κ2) is 7.50. The molecule has 0 aliphatic carbocycles. The summed E-state index contributed by atoms with van der Waals surface area (Å²) in [5.74, 6) is 1.75. The fourth-order valence-corrected chi connectivity index (χ4v) is 3.11. The van der Waals surface area contributed by atoms with Gasteiger partial charge in [0, 0.05) is 30.0 Å². The molecule has 0 radical (unpaired) electrons. The Bertz CT molecular complexity index is 528. The van der Waals surface area contributed by atoms with E-state index in [1.165, 1.54) is 4.88 Å². The van der Waals surface area contributed by atoms with Crippen molar-refractivity contribution in [2.45, 2.75) is 31.5 Å². The third-order valence-electron chi connectivity index (χ3n) is 2.73.